The Morgan fingerprint density at radius 3 is 2.27 bits per heavy atom. The molecule has 10 nitrogen and oxygen atoms in total. The van der Waals surface area contributed by atoms with Crippen molar-refractivity contribution in [3.05, 3.63) is 53.6 Å². The maximum Gasteiger partial charge on any atom is 0.247 e. The largest absolute Gasteiger partial charge is 0.496 e. The number of rotatable bonds is 6. The predicted octanol–water partition coefficient (Wildman–Crippen LogP) is 0.131. The van der Waals surface area contributed by atoms with Gasteiger partial charge in [-0.15, -0.1) is 0 Å². The third-order valence-electron chi connectivity index (χ3n) is 6.56. The van der Waals surface area contributed by atoms with Crippen LogP contribution in [-0.4, -0.2) is 68.2 Å². The lowest BCUT2D eigenvalue weighted by Crippen LogP contribution is -2.63. The van der Waals surface area contributed by atoms with E-state index in [-0.39, 0.29) is 17.1 Å². The Hall–Kier alpha value is -2.86. The fourth-order valence-electron chi connectivity index (χ4n) is 5.10. The number of amides is 1. The summed E-state index contributed by atoms with van der Waals surface area (Å²) in [4.78, 5) is 9.70. The molecule has 178 valence electrons. The van der Waals surface area contributed by atoms with Gasteiger partial charge in [-0.05, 0) is 5.56 Å². The number of sulfonamides is 1. The molecule has 2 aliphatic rings. The van der Waals surface area contributed by atoms with Crippen LogP contribution in [0.4, 0.5) is 0 Å². The zero-order valence-electron chi connectivity index (χ0n) is 18.6. The molecule has 33 heavy (non-hydrogen) atoms. The summed E-state index contributed by atoms with van der Waals surface area (Å²) in [6.07, 6.45) is -1.38. The first kappa shape index (κ1) is 23.3. The molecule has 1 aliphatic heterocycles. The second-order valence-corrected chi connectivity index (χ2v) is 10.6. The van der Waals surface area contributed by atoms with Crippen LogP contribution in [0.25, 0.3) is 0 Å². The highest BCUT2D eigenvalue weighted by molar-refractivity contribution is 7.90. The van der Waals surface area contributed by atoms with Crippen LogP contribution in [0.15, 0.2) is 42.5 Å². The maximum atomic E-state index is 13.6. The molecule has 1 amide bonds. The van der Waals surface area contributed by atoms with Crippen molar-refractivity contribution in [1.29, 1.82) is 0 Å². The lowest BCUT2D eigenvalue weighted by Gasteiger charge is -2.40. The summed E-state index contributed by atoms with van der Waals surface area (Å²) in [7, 11) is 0.401. The van der Waals surface area contributed by atoms with Crippen LogP contribution >= 0.6 is 0 Å². The summed E-state index contributed by atoms with van der Waals surface area (Å²) in [5, 5.41) is 24.2. The number of fused-ring (bicyclic) bond motifs is 3. The third-order valence-corrected chi connectivity index (χ3v) is 8.87. The average Bonchev–Trinajstić information content (AvgIpc) is 3.19. The summed E-state index contributed by atoms with van der Waals surface area (Å²) in [6, 6.07) is 11.3. The van der Waals surface area contributed by atoms with Gasteiger partial charge in [-0.25, -0.2) is 12.7 Å². The number of carbonyl (C=O) groups excluding carboxylic acids is 1. The van der Waals surface area contributed by atoms with Crippen molar-refractivity contribution >= 4 is 15.9 Å². The van der Waals surface area contributed by atoms with E-state index in [1.165, 1.54) is 40.4 Å². The zero-order valence-corrected chi connectivity index (χ0v) is 19.4. The van der Waals surface area contributed by atoms with Crippen LogP contribution in [0, 0.1) is 5.92 Å². The smallest absolute Gasteiger partial charge is 0.247 e. The Morgan fingerprint density at radius 2 is 1.76 bits per heavy atom. The van der Waals surface area contributed by atoms with Gasteiger partial charge in [0.05, 0.1) is 25.7 Å². The van der Waals surface area contributed by atoms with Gasteiger partial charge in [0, 0.05) is 32.1 Å². The summed E-state index contributed by atoms with van der Waals surface area (Å²) in [5.74, 6) is -3.53. The van der Waals surface area contributed by atoms with Gasteiger partial charge >= 0.3 is 0 Å². The van der Waals surface area contributed by atoms with Crippen molar-refractivity contribution in [2.24, 2.45) is 11.7 Å². The molecule has 5 unspecified atom stereocenters. The van der Waals surface area contributed by atoms with E-state index in [4.69, 9.17) is 19.9 Å². The number of benzene rings is 2. The van der Waals surface area contributed by atoms with Gasteiger partial charge in [0.25, 0.3) is 0 Å². The standard InChI is InChI=1S/C22H26N2O8S/c1-24(2)33(28,29)22(27)18(20(23)25)16(12-8-6-5-7-9-12)19-21(22,26)17-14(31-4)10-13(30-3)11-15(17)32-19/h5-11,16,18-19,26-27H,1-4H3,(H2,23,25). The number of nitrogens with zero attached hydrogens (tertiary/aromatic N) is 1. The highest BCUT2D eigenvalue weighted by atomic mass is 32.2. The van der Waals surface area contributed by atoms with Gasteiger partial charge in [-0.1, -0.05) is 30.3 Å². The predicted molar refractivity (Wildman–Crippen MR) is 117 cm³/mol. The van der Waals surface area contributed by atoms with Gasteiger partial charge < -0.3 is 30.2 Å². The molecular weight excluding hydrogens is 452 g/mol. The molecular formula is C22H26N2O8S. The summed E-state index contributed by atoms with van der Waals surface area (Å²) in [6.45, 7) is 0. The van der Waals surface area contributed by atoms with Gasteiger partial charge in [0.15, 0.2) is 5.60 Å². The number of methoxy groups -OCH3 is 2. The highest BCUT2D eigenvalue weighted by Gasteiger charge is 2.81. The number of primary amides is 1. The quantitative estimate of drug-likeness (QED) is 0.531. The molecule has 1 fully saturated rings. The number of ether oxygens (including phenoxy) is 3. The normalized spacial score (nSPS) is 30.5. The van der Waals surface area contributed by atoms with Crippen LogP contribution in [0.1, 0.15) is 17.0 Å². The van der Waals surface area contributed by atoms with Crippen molar-refractivity contribution in [2.45, 2.75) is 22.6 Å². The topological polar surface area (TPSA) is 149 Å². The molecule has 0 radical (unpaired) electrons. The first-order chi connectivity index (χ1) is 15.5. The lowest BCUT2D eigenvalue weighted by molar-refractivity contribution is -0.142. The van der Waals surface area contributed by atoms with Crippen molar-refractivity contribution in [2.75, 3.05) is 28.3 Å². The van der Waals surface area contributed by atoms with E-state index < -0.39 is 44.4 Å². The first-order valence-electron chi connectivity index (χ1n) is 10.1. The molecule has 4 rings (SSSR count). The average molecular weight is 479 g/mol. The number of hydrogen-bond acceptors (Lipinski definition) is 8. The fraction of sp³-hybridized carbons (Fsp3) is 0.409. The van der Waals surface area contributed by atoms with Gasteiger partial charge in [0.2, 0.25) is 20.9 Å². The van der Waals surface area contributed by atoms with Crippen molar-refractivity contribution < 1.29 is 37.6 Å². The number of hydrogen-bond donors (Lipinski definition) is 3. The second kappa shape index (κ2) is 7.59. The van der Waals surface area contributed by atoms with Gasteiger partial charge in [-0.2, -0.15) is 0 Å². The van der Waals surface area contributed by atoms with E-state index >= 15 is 0 Å². The number of aliphatic hydroxyl groups is 2. The minimum atomic E-state index is -4.74. The molecule has 5 atom stereocenters. The Bertz CT molecular complexity index is 1200. The SMILES string of the molecule is COc1cc(OC)c2c(c1)OC1C(c3ccccc3)C(C(N)=O)C(O)(S(=O)(=O)N(C)C)C21O. The molecule has 0 saturated heterocycles. The molecule has 1 heterocycles. The van der Waals surface area contributed by atoms with Crippen LogP contribution in [0.3, 0.4) is 0 Å². The van der Waals surface area contributed by atoms with Crippen molar-refractivity contribution in [3.63, 3.8) is 0 Å². The minimum Gasteiger partial charge on any atom is -0.496 e. The third kappa shape index (κ3) is 2.83. The van der Waals surface area contributed by atoms with Gasteiger partial charge in [0.1, 0.15) is 23.4 Å². The van der Waals surface area contributed by atoms with E-state index in [1.807, 2.05) is 0 Å². The number of nitrogens with two attached hydrogens (primary N) is 1. The highest BCUT2D eigenvalue weighted by Crippen LogP contribution is 2.66. The molecule has 4 N–H and O–H groups in total. The fourth-order valence-corrected chi connectivity index (χ4v) is 6.85. The Labute approximate surface area is 191 Å². The van der Waals surface area contributed by atoms with Crippen LogP contribution in [0.2, 0.25) is 0 Å². The van der Waals surface area contributed by atoms with E-state index in [0.717, 1.165) is 4.31 Å². The molecule has 2 aromatic rings. The monoisotopic (exact) mass is 478 g/mol. The van der Waals surface area contributed by atoms with Crippen molar-refractivity contribution in [1.82, 2.24) is 4.31 Å². The van der Waals surface area contributed by atoms with E-state index in [9.17, 15) is 23.4 Å². The molecule has 0 bridgehead atoms. The summed E-state index contributed by atoms with van der Waals surface area (Å²) in [5.41, 5.74) is 3.45. The second-order valence-electron chi connectivity index (χ2n) is 8.31. The molecule has 2 aromatic carbocycles. The summed E-state index contributed by atoms with van der Waals surface area (Å²) < 4.78 is 44.7. The van der Waals surface area contributed by atoms with E-state index in [2.05, 4.69) is 0 Å². The van der Waals surface area contributed by atoms with Crippen LogP contribution < -0.4 is 19.9 Å². The zero-order chi connectivity index (χ0) is 24.3. The molecule has 0 aromatic heterocycles. The lowest BCUT2D eigenvalue weighted by atomic mass is 9.86. The first-order valence-corrected chi connectivity index (χ1v) is 11.5. The van der Waals surface area contributed by atoms with Crippen LogP contribution in [0.5, 0.6) is 17.2 Å². The van der Waals surface area contributed by atoms with E-state index in [1.54, 1.807) is 30.3 Å². The Balaban J connectivity index is 2.12. The van der Waals surface area contributed by atoms with Crippen molar-refractivity contribution in [3.8, 4) is 17.2 Å². The molecule has 0 spiro atoms. The Kier molecular flexibility index (Phi) is 5.36. The van der Waals surface area contributed by atoms with Crippen LogP contribution in [-0.2, 0) is 20.4 Å². The molecule has 1 saturated carbocycles. The maximum absolute atomic E-state index is 13.6. The van der Waals surface area contributed by atoms with Gasteiger partial charge in [-0.3, -0.25) is 4.79 Å². The minimum absolute atomic E-state index is 0.0265. The van der Waals surface area contributed by atoms with E-state index in [0.29, 0.717) is 11.3 Å². The summed E-state index contributed by atoms with van der Waals surface area (Å²) >= 11 is 0. The molecule has 11 heteroatoms. The molecule has 1 aliphatic carbocycles. The Morgan fingerprint density at radius 1 is 1.12 bits per heavy atom. The number of carbonyl (C=O) groups is 1.